The maximum atomic E-state index is 5.45. The number of nitrogens with one attached hydrogen (secondary N) is 2. The number of benzene rings is 1. The lowest BCUT2D eigenvalue weighted by Gasteiger charge is -2.41. The van der Waals surface area contributed by atoms with Crippen molar-refractivity contribution in [2.75, 3.05) is 58.9 Å². The predicted octanol–water partition coefficient (Wildman–Crippen LogP) is 1.53. The molecule has 0 bridgehead atoms. The van der Waals surface area contributed by atoms with Crippen molar-refractivity contribution in [3.63, 3.8) is 0 Å². The molecule has 1 aromatic carbocycles. The molecule has 1 saturated heterocycles. The zero-order valence-electron chi connectivity index (χ0n) is 16.3. The standard InChI is InChI=1S/C19H33N5O/c1-19(2,24-10-12-25-13-11-24)15-22-18(20-3)21-14-16-6-8-17(9-7-16)23(4)5/h6-9H,10-15H2,1-5H3,(H2,20,21,22). The molecule has 1 aromatic rings. The fourth-order valence-corrected chi connectivity index (χ4v) is 2.90. The van der Waals surface area contributed by atoms with Crippen molar-refractivity contribution in [2.45, 2.75) is 25.9 Å². The first-order valence-corrected chi connectivity index (χ1v) is 8.96. The second-order valence-electron chi connectivity index (χ2n) is 7.25. The fraction of sp³-hybridized carbons (Fsp3) is 0.632. The first kappa shape index (κ1) is 19.5. The van der Waals surface area contributed by atoms with Crippen LogP contribution in [0.5, 0.6) is 0 Å². The van der Waals surface area contributed by atoms with Crippen LogP contribution in [0.2, 0.25) is 0 Å². The maximum absolute atomic E-state index is 5.45. The van der Waals surface area contributed by atoms with Crippen LogP contribution in [0.3, 0.4) is 0 Å². The minimum Gasteiger partial charge on any atom is -0.379 e. The highest BCUT2D eigenvalue weighted by atomic mass is 16.5. The van der Waals surface area contributed by atoms with Gasteiger partial charge in [0.1, 0.15) is 0 Å². The number of hydrogen-bond acceptors (Lipinski definition) is 4. The van der Waals surface area contributed by atoms with E-state index in [1.807, 2.05) is 7.05 Å². The summed E-state index contributed by atoms with van der Waals surface area (Å²) < 4.78 is 5.45. The molecule has 0 radical (unpaired) electrons. The fourth-order valence-electron chi connectivity index (χ4n) is 2.90. The lowest BCUT2D eigenvalue weighted by atomic mass is 10.0. The molecule has 2 rings (SSSR count). The van der Waals surface area contributed by atoms with Crippen LogP contribution in [0.4, 0.5) is 5.69 Å². The second-order valence-corrected chi connectivity index (χ2v) is 7.25. The van der Waals surface area contributed by atoms with Gasteiger partial charge in [0.2, 0.25) is 0 Å². The van der Waals surface area contributed by atoms with Gasteiger partial charge in [-0.1, -0.05) is 12.1 Å². The summed E-state index contributed by atoms with van der Waals surface area (Å²) in [5, 5.41) is 6.85. The number of guanidine groups is 1. The van der Waals surface area contributed by atoms with Crippen LogP contribution in [0.1, 0.15) is 19.4 Å². The van der Waals surface area contributed by atoms with Gasteiger partial charge in [-0.3, -0.25) is 9.89 Å². The van der Waals surface area contributed by atoms with Gasteiger partial charge < -0.3 is 20.3 Å². The van der Waals surface area contributed by atoms with Crippen molar-refractivity contribution >= 4 is 11.6 Å². The average Bonchev–Trinajstić information content (AvgIpc) is 2.63. The Morgan fingerprint density at radius 1 is 1.16 bits per heavy atom. The Labute approximate surface area is 152 Å². The Balaban J connectivity index is 1.81. The van der Waals surface area contributed by atoms with E-state index in [-0.39, 0.29) is 5.54 Å². The molecule has 0 unspecified atom stereocenters. The maximum Gasteiger partial charge on any atom is 0.191 e. The molecule has 1 heterocycles. The Morgan fingerprint density at radius 2 is 1.80 bits per heavy atom. The lowest BCUT2D eigenvalue weighted by molar-refractivity contribution is -0.00834. The van der Waals surface area contributed by atoms with E-state index >= 15 is 0 Å². The van der Waals surface area contributed by atoms with E-state index in [0.717, 1.165) is 45.4 Å². The van der Waals surface area contributed by atoms with Gasteiger partial charge in [0, 0.05) is 58.5 Å². The molecule has 6 nitrogen and oxygen atoms in total. The molecule has 0 spiro atoms. The van der Waals surface area contributed by atoms with Gasteiger partial charge in [-0.2, -0.15) is 0 Å². The van der Waals surface area contributed by atoms with Crippen molar-refractivity contribution in [1.82, 2.24) is 15.5 Å². The lowest BCUT2D eigenvalue weighted by Crippen LogP contribution is -2.56. The highest BCUT2D eigenvalue weighted by Gasteiger charge is 2.28. The van der Waals surface area contributed by atoms with Crippen LogP contribution >= 0.6 is 0 Å². The van der Waals surface area contributed by atoms with E-state index in [2.05, 4.69) is 77.6 Å². The molecule has 1 aliphatic heterocycles. The number of aliphatic imine (C=N–C) groups is 1. The molecule has 0 aliphatic carbocycles. The minimum absolute atomic E-state index is 0.0642. The molecule has 25 heavy (non-hydrogen) atoms. The van der Waals surface area contributed by atoms with E-state index < -0.39 is 0 Å². The van der Waals surface area contributed by atoms with E-state index in [0.29, 0.717) is 0 Å². The van der Waals surface area contributed by atoms with Gasteiger partial charge in [0.05, 0.1) is 13.2 Å². The van der Waals surface area contributed by atoms with Crippen LogP contribution in [-0.4, -0.2) is 70.4 Å². The normalized spacial score (nSPS) is 16.6. The SMILES string of the molecule is CN=C(NCc1ccc(N(C)C)cc1)NCC(C)(C)N1CCOCC1. The zero-order valence-corrected chi connectivity index (χ0v) is 16.3. The number of morpholine rings is 1. The Morgan fingerprint density at radius 3 is 2.36 bits per heavy atom. The molecule has 0 atom stereocenters. The molecule has 0 amide bonds. The van der Waals surface area contributed by atoms with Gasteiger partial charge in [-0.15, -0.1) is 0 Å². The first-order valence-electron chi connectivity index (χ1n) is 8.96. The van der Waals surface area contributed by atoms with Gasteiger partial charge >= 0.3 is 0 Å². The monoisotopic (exact) mass is 347 g/mol. The van der Waals surface area contributed by atoms with Crippen LogP contribution in [0.25, 0.3) is 0 Å². The zero-order chi connectivity index (χ0) is 18.3. The number of nitrogens with zero attached hydrogens (tertiary/aromatic N) is 3. The summed E-state index contributed by atoms with van der Waals surface area (Å²) in [6.07, 6.45) is 0. The summed E-state index contributed by atoms with van der Waals surface area (Å²) in [6.45, 7) is 9.73. The van der Waals surface area contributed by atoms with Crippen molar-refractivity contribution in [1.29, 1.82) is 0 Å². The van der Waals surface area contributed by atoms with Crippen molar-refractivity contribution < 1.29 is 4.74 Å². The first-order chi connectivity index (χ1) is 11.9. The van der Waals surface area contributed by atoms with Gasteiger partial charge in [0.15, 0.2) is 5.96 Å². The van der Waals surface area contributed by atoms with Crippen LogP contribution < -0.4 is 15.5 Å². The summed E-state index contributed by atoms with van der Waals surface area (Å²) in [7, 11) is 5.91. The number of anilines is 1. The third-order valence-electron chi connectivity index (χ3n) is 4.69. The van der Waals surface area contributed by atoms with E-state index in [1.54, 1.807) is 0 Å². The smallest absolute Gasteiger partial charge is 0.191 e. The molecule has 1 aliphatic rings. The molecular formula is C19H33N5O. The molecule has 2 N–H and O–H groups in total. The Kier molecular flexibility index (Phi) is 7.08. The highest BCUT2D eigenvalue weighted by molar-refractivity contribution is 5.79. The quantitative estimate of drug-likeness (QED) is 0.604. The summed E-state index contributed by atoms with van der Waals surface area (Å²) in [5.74, 6) is 0.832. The van der Waals surface area contributed by atoms with Gasteiger partial charge in [-0.25, -0.2) is 0 Å². The Hall–Kier alpha value is -1.79. The molecule has 0 saturated carbocycles. The summed E-state index contributed by atoms with van der Waals surface area (Å²) in [5.41, 5.74) is 2.51. The van der Waals surface area contributed by atoms with Crippen LogP contribution in [-0.2, 0) is 11.3 Å². The summed E-state index contributed by atoms with van der Waals surface area (Å²) in [6, 6.07) is 8.56. The second kappa shape index (κ2) is 9.06. The van der Waals surface area contributed by atoms with Gasteiger partial charge in [-0.05, 0) is 31.5 Å². The number of rotatable bonds is 6. The van der Waals surface area contributed by atoms with Crippen molar-refractivity contribution in [3.8, 4) is 0 Å². The molecule has 0 aromatic heterocycles. The van der Waals surface area contributed by atoms with E-state index in [4.69, 9.17) is 4.74 Å². The average molecular weight is 348 g/mol. The van der Waals surface area contributed by atoms with Crippen molar-refractivity contribution in [2.24, 2.45) is 4.99 Å². The summed E-state index contributed by atoms with van der Waals surface area (Å²) >= 11 is 0. The molecule has 6 heteroatoms. The number of hydrogen-bond donors (Lipinski definition) is 2. The van der Waals surface area contributed by atoms with Crippen LogP contribution in [0, 0.1) is 0 Å². The Bertz CT molecular complexity index is 547. The third-order valence-corrected chi connectivity index (χ3v) is 4.69. The minimum atomic E-state index is 0.0642. The summed E-state index contributed by atoms with van der Waals surface area (Å²) in [4.78, 5) is 8.91. The van der Waals surface area contributed by atoms with E-state index in [1.165, 1.54) is 11.3 Å². The molecular weight excluding hydrogens is 314 g/mol. The van der Waals surface area contributed by atoms with Crippen LogP contribution in [0.15, 0.2) is 29.3 Å². The largest absolute Gasteiger partial charge is 0.379 e. The highest BCUT2D eigenvalue weighted by Crippen LogP contribution is 2.15. The molecule has 140 valence electrons. The van der Waals surface area contributed by atoms with E-state index in [9.17, 15) is 0 Å². The van der Waals surface area contributed by atoms with Gasteiger partial charge in [0.25, 0.3) is 0 Å². The number of ether oxygens (including phenoxy) is 1. The topological polar surface area (TPSA) is 52.1 Å². The van der Waals surface area contributed by atoms with Crippen molar-refractivity contribution in [3.05, 3.63) is 29.8 Å². The molecule has 1 fully saturated rings. The third kappa shape index (κ3) is 5.90. The predicted molar refractivity (Wildman–Crippen MR) is 105 cm³/mol.